The summed E-state index contributed by atoms with van der Waals surface area (Å²) in [6.45, 7) is 7.52. The summed E-state index contributed by atoms with van der Waals surface area (Å²) in [4.78, 5) is 14.6. The third-order valence-electron chi connectivity index (χ3n) is 12.1. The van der Waals surface area contributed by atoms with Gasteiger partial charge in [-0.1, -0.05) is 20.8 Å². The molecule has 30 heteroatoms. The van der Waals surface area contributed by atoms with E-state index in [1.54, 1.807) is 0 Å². The molecule has 23 nitrogen and oxygen atoms in total. The van der Waals surface area contributed by atoms with Gasteiger partial charge in [-0.3, -0.25) is 23.0 Å². The fraction of sp³-hybridized carbons (Fsp3) is 0.861. The van der Waals surface area contributed by atoms with Crippen molar-refractivity contribution in [3.8, 4) is 6.07 Å². The minimum absolute atomic E-state index is 0.0270. The highest BCUT2D eigenvalue weighted by Gasteiger charge is 2.47. The second kappa shape index (κ2) is 22.3. The second-order valence-electron chi connectivity index (χ2n) is 18.4. The highest BCUT2D eigenvalue weighted by atomic mass is 35.5. The average Bonchev–Trinajstić information content (AvgIpc) is 3.53. The fourth-order valence-electron chi connectivity index (χ4n) is 8.97. The van der Waals surface area contributed by atoms with Crippen molar-refractivity contribution in [2.24, 2.45) is 10.2 Å². The summed E-state index contributed by atoms with van der Waals surface area (Å²) < 4.78 is 162. The van der Waals surface area contributed by atoms with Crippen molar-refractivity contribution < 1.29 is 65.1 Å². The number of alkyl halides is 2. The van der Waals surface area contributed by atoms with Crippen LogP contribution in [0.4, 0.5) is 5.82 Å². The first-order valence-electron chi connectivity index (χ1n) is 21.3. The van der Waals surface area contributed by atoms with E-state index in [1.165, 1.54) is 11.6 Å². The molecular formula is C36H60Cl2N8O15S5. The Labute approximate surface area is 397 Å². The Morgan fingerprint density at radius 3 is 1.76 bits per heavy atom. The number of nitrogens with one attached hydrogen (secondary N) is 2. The lowest BCUT2D eigenvalue weighted by atomic mass is 9.86. The molecule has 0 radical (unpaired) electrons. The Kier molecular flexibility index (Phi) is 19.1. The first kappa shape index (κ1) is 56.4. The number of nitriles is 1. The molecule has 4 rings (SSSR count). The maximum Gasteiger partial charge on any atom is 0.267 e. The van der Waals surface area contributed by atoms with E-state index in [0.29, 0.717) is 50.9 Å². The van der Waals surface area contributed by atoms with E-state index in [-0.39, 0.29) is 49.0 Å². The maximum absolute atomic E-state index is 13.8. The van der Waals surface area contributed by atoms with E-state index < -0.39 is 137 Å². The standard InChI is InChI=1S/C36H60Cl2N8O15S5/c1-22(47)40-32-17-24(45(11-5-7-13-62(48,49)50)12-6-8-14-63(51,52)53)9-10-31(32)41-42-35-28(21-39)34(36(2,3)4)43-46(35)33-29(37)19-25(20-30(33)38)64(54,55)44-23-15-26(65(56,57)58)18-27(16-23)66(59,60)61/h23-27,29-33,44H,5-20H2,1-4H3,(H,40,47)(H,48,49,50)(H,51,52,53)(H,56,57,58)(H,59,60,61). The number of sulfonamides is 1. The summed E-state index contributed by atoms with van der Waals surface area (Å²) in [5, 5.41) is 20.6. The molecule has 0 aromatic carbocycles. The number of carbonyl (C=O) groups excluding carboxylic acids is 1. The van der Waals surface area contributed by atoms with E-state index in [1.807, 2.05) is 25.7 Å². The number of azo groups is 1. The van der Waals surface area contributed by atoms with Crippen molar-refractivity contribution in [1.82, 2.24) is 24.7 Å². The molecule has 7 atom stereocenters. The SMILES string of the molecule is CC(=O)NC1CC(N(CCCCS(=O)(=O)O)CCCCS(=O)(=O)O)CCC1N=Nc1c(C#N)c(C(C)(C)C)nn1C1C(Cl)CC(S(=O)(=O)NC2CC(S(=O)(=O)O)CC(S(=O)(=O)O)C2)CC1Cl. The number of halogens is 2. The van der Waals surface area contributed by atoms with E-state index in [0.717, 1.165) is 0 Å². The molecule has 378 valence electrons. The van der Waals surface area contributed by atoms with Gasteiger partial charge >= 0.3 is 0 Å². The van der Waals surface area contributed by atoms with E-state index in [4.69, 9.17) is 28.3 Å². The van der Waals surface area contributed by atoms with Crippen LogP contribution in [0.15, 0.2) is 10.2 Å². The Morgan fingerprint density at radius 1 is 0.803 bits per heavy atom. The van der Waals surface area contributed by atoms with Crippen molar-refractivity contribution in [2.75, 3.05) is 24.6 Å². The lowest BCUT2D eigenvalue weighted by molar-refractivity contribution is -0.120. The van der Waals surface area contributed by atoms with Crippen molar-refractivity contribution >= 4 is 85.4 Å². The molecule has 3 saturated carbocycles. The molecule has 0 bridgehead atoms. The summed E-state index contributed by atoms with van der Waals surface area (Å²) in [6, 6.07) is -1.57. The predicted molar refractivity (Wildman–Crippen MR) is 244 cm³/mol. The molecule has 0 spiro atoms. The van der Waals surface area contributed by atoms with E-state index in [9.17, 15) is 70.4 Å². The molecule has 1 aromatic heterocycles. The molecule has 1 aromatic rings. The average molecular weight is 1080 g/mol. The highest BCUT2D eigenvalue weighted by molar-refractivity contribution is 7.90. The van der Waals surface area contributed by atoms with Gasteiger partial charge in [-0.05, 0) is 90.1 Å². The first-order valence-corrected chi connectivity index (χ1v) is 29.9. The topological polar surface area (TPSA) is 362 Å². The quantitative estimate of drug-likeness (QED) is 0.0473. The largest absolute Gasteiger partial charge is 0.351 e. The van der Waals surface area contributed by atoms with Crippen LogP contribution >= 0.6 is 23.2 Å². The lowest BCUT2D eigenvalue weighted by Gasteiger charge is -2.40. The second-order valence-corrected chi connectivity index (χ2v) is 28.0. The van der Waals surface area contributed by atoms with Crippen LogP contribution in [0.1, 0.15) is 122 Å². The van der Waals surface area contributed by atoms with Crippen LogP contribution in [0.25, 0.3) is 0 Å². The van der Waals surface area contributed by atoms with Gasteiger partial charge in [0.15, 0.2) is 5.82 Å². The molecule has 0 saturated heterocycles. The summed E-state index contributed by atoms with van der Waals surface area (Å²) >= 11 is 13.9. The third kappa shape index (κ3) is 16.2. The van der Waals surface area contributed by atoms with Gasteiger partial charge in [0.2, 0.25) is 15.9 Å². The number of carbonyl (C=O) groups is 1. The van der Waals surface area contributed by atoms with Gasteiger partial charge in [0.25, 0.3) is 40.5 Å². The van der Waals surface area contributed by atoms with Gasteiger partial charge in [0.1, 0.15) is 11.6 Å². The Bertz CT molecular complexity index is 2440. The molecule has 6 N–H and O–H groups in total. The van der Waals surface area contributed by atoms with Gasteiger partial charge in [-0.25, -0.2) is 17.8 Å². The van der Waals surface area contributed by atoms with Crippen LogP contribution in [0.2, 0.25) is 0 Å². The smallest absolute Gasteiger partial charge is 0.267 e. The van der Waals surface area contributed by atoms with Gasteiger partial charge in [0, 0.05) is 24.4 Å². The zero-order valence-electron chi connectivity index (χ0n) is 36.8. The lowest BCUT2D eigenvalue weighted by Crippen LogP contribution is -2.52. The number of amides is 1. The van der Waals surface area contributed by atoms with Crippen LogP contribution < -0.4 is 10.0 Å². The third-order valence-corrected chi connectivity index (χ3v) is 19.0. The van der Waals surface area contributed by atoms with Gasteiger partial charge in [0.05, 0.1) is 61.8 Å². The van der Waals surface area contributed by atoms with E-state index >= 15 is 0 Å². The minimum atomic E-state index is -4.82. The molecule has 1 heterocycles. The molecule has 66 heavy (non-hydrogen) atoms. The molecule has 1 amide bonds. The number of nitrogens with zero attached hydrogens (tertiary/aromatic N) is 6. The molecule has 3 aliphatic carbocycles. The van der Waals surface area contributed by atoms with Gasteiger partial charge < -0.3 is 10.2 Å². The number of aromatic nitrogens is 2. The number of rotatable bonds is 20. The summed E-state index contributed by atoms with van der Waals surface area (Å²) in [5.74, 6) is -1.29. The summed E-state index contributed by atoms with van der Waals surface area (Å²) in [5.41, 5.74) is -0.389. The molecule has 3 aliphatic rings. The monoisotopic (exact) mass is 1070 g/mol. The van der Waals surface area contributed by atoms with Crippen LogP contribution in [0.3, 0.4) is 0 Å². The molecule has 7 unspecified atom stereocenters. The number of hydrogen-bond acceptors (Lipinski definition) is 16. The van der Waals surface area contributed by atoms with E-state index in [2.05, 4.69) is 26.3 Å². The Balaban J connectivity index is 1.61. The van der Waals surface area contributed by atoms with Crippen molar-refractivity contribution in [1.29, 1.82) is 5.26 Å². The van der Waals surface area contributed by atoms with Crippen molar-refractivity contribution in [3.63, 3.8) is 0 Å². The summed E-state index contributed by atoms with van der Waals surface area (Å²) in [7, 11) is -22.4. The van der Waals surface area contributed by atoms with Crippen LogP contribution in [0.5, 0.6) is 0 Å². The minimum Gasteiger partial charge on any atom is -0.351 e. The molecule has 3 fully saturated rings. The Morgan fingerprint density at radius 2 is 1.32 bits per heavy atom. The molecule has 0 aliphatic heterocycles. The zero-order chi connectivity index (χ0) is 49.8. The predicted octanol–water partition coefficient (Wildman–Crippen LogP) is 3.10. The maximum atomic E-state index is 13.8. The fourth-order valence-corrected chi connectivity index (χ4v) is 15.2. The number of unbranched alkanes of at least 4 members (excludes halogenated alkanes) is 2. The normalized spacial score (nSPS) is 28.6. The van der Waals surface area contributed by atoms with Crippen molar-refractivity contribution in [3.05, 3.63) is 11.3 Å². The Hall–Kier alpha value is -2.14. The molecular weight excluding hydrogens is 1020 g/mol. The van der Waals surface area contributed by atoms with Crippen molar-refractivity contribution in [2.45, 2.75) is 167 Å². The zero-order valence-corrected chi connectivity index (χ0v) is 42.4. The van der Waals surface area contributed by atoms with Gasteiger partial charge in [-0.2, -0.15) is 49.1 Å². The first-order chi connectivity index (χ1) is 30.2. The highest BCUT2D eigenvalue weighted by Crippen LogP contribution is 2.44. The van der Waals surface area contributed by atoms with Crippen LogP contribution in [0, 0.1) is 11.3 Å². The van der Waals surface area contributed by atoms with Gasteiger partial charge in [-0.15, -0.1) is 28.3 Å². The van der Waals surface area contributed by atoms with Crippen LogP contribution in [-0.2, 0) is 60.7 Å². The summed E-state index contributed by atoms with van der Waals surface area (Å²) in [6.07, 6.45) is 0.198. The van der Waals surface area contributed by atoms with Crippen LogP contribution in [-0.4, -0.2) is 156 Å². The number of hydrogen-bond donors (Lipinski definition) is 6.